The monoisotopic (exact) mass is 203 g/mol. The predicted molar refractivity (Wildman–Crippen MR) is 55.4 cm³/mol. The maximum Gasteiger partial charge on any atom is 0.340 e. The zero-order chi connectivity index (χ0) is 10.3. The van der Waals surface area contributed by atoms with Gasteiger partial charge in [0.25, 0.3) is 0 Å². The van der Waals surface area contributed by atoms with E-state index in [4.69, 9.17) is 4.74 Å². The molecule has 1 aromatic carbocycles. The first-order chi connectivity index (χ1) is 7.36. The van der Waals surface area contributed by atoms with Gasteiger partial charge in [-0.2, -0.15) is 0 Å². The number of hydrogen-bond acceptors (Lipinski definition) is 3. The zero-order valence-electron chi connectivity index (χ0n) is 8.48. The van der Waals surface area contributed by atoms with Crippen LogP contribution in [0, 0.1) is 0 Å². The first-order valence-electron chi connectivity index (χ1n) is 5.40. The Morgan fingerprint density at radius 3 is 2.73 bits per heavy atom. The third kappa shape index (κ3) is 1.35. The Kier molecular flexibility index (Phi) is 1.99. The number of nitrogens with zero attached hydrogens (tertiary/aromatic N) is 1. The molecular weight excluding hydrogens is 190 g/mol. The van der Waals surface area contributed by atoms with Gasteiger partial charge in [-0.3, -0.25) is 4.90 Å². The first kappa shape index (κ1) is 8.92. The normalized spacial score (nSPS) is 25.3. The number of cyclic esters (lactones) is 1. The van der Waals surface area contributed by atoms with E-state index in [0.717, 1.165) is 24.2 Å². The molecular formula is C12H13NO2. The lowest BCUT2D eigenvalue weighted by molar-refractivity contribution is -0.0135. The molecule has 3 heteroatoms. The summed E-state index contributed by atoms with van der Waals surface area (Å²) in [5.74, 6) is -0.178. The van der Waals surface area contributed by atoms with Crippen molar-refractivity contribution in [1.29, 1.82) is 0 Å². The summed E-state index contributed by atoms with van der Waals surface area (Å²) in [6.07, 6.45) is 2.28. The van der Waals surface area contributed by atoms with Crippen LogP contribution in [0.15, 0.2) is 24.3 Å². The molecule has 2 aliphatic rings. The molecule has 0 amide bonds. The Bertz CT molecular complexity index is 396. The Morgan fingerprint density at radius 1 is 1.20 bits per heavy atom. The van der Waals surface area contributed by atoms with Gasteiger partial charge in [0.15, 0.2) is 6.23 Å². The molecule has 0 saturated carbocycles. The number of benzene rings is 1. The fourth-order valence-corrected chi connectivity index (χ4v) is 2.37. The summed E-state index contributed by atoms with van der Waals surface area (Å²) in [6, 6.07) is 7.67. The smallest absolute Gasteiger partial charge is 0.340 e. The summed E-state index contributed by atoms with van der Waals surface area (Å²) < 4.78 is 5.40. The van der Waals surface area contributed by atoms with Crippen LogP contribution in [0.2, 0.25) is 0 Å². The van der Waals surface area contributed by atoms with Crippen LogP contribution in [0.5, 0.6) is 0 Å². The number of ether oxygens (including phenoxy) is 1. The number of carbonyl (C=O) groups excluding carboxylic acids is 1. The molecule has 0 unspecified atom stereocenters. The average molecular weight is 203 g/mol. The van der Waals surface area contributed by atoms with Crippen LogP contribution in [-0.4, -0.2) is 24.0 Å². The lowest BCUT2D eigenvalue weighted by atomic mass is 10.1. The largest absolute Gasteiger partial charge is 0.438 e. The van der Waals surface area contributed by atoms with E-state index >= 15 is 0 Å². The molecule has 1 saturated heterocycles. The summed E-state index contributed by atoms with van der Waals surface area (Å²) in [5.41, 5.74) is 1.76. The van der Waals surface area contributed by atoms with Crippen LogP contribution >= 0.6 is 0 Å². The molecule has 1 aromatic rings. The molecule has 1 fully saturated rings. The van der Waals surface area contributed by atoms with E-state index in [9.17, 15) is 4.79 Å². The van der Waals surface area contributed by atoms with Gasteiger partial charge >= 0.3 is 5.97 Å². The summed E-state index contributed by atoms with van der Waals surface area (Å²) in [7, 11) is 0. The van der Waals surface area contributed by atoms with Gasteiger partial charge in [0.2, 0.25) is 0 Å². The van der Waals surface area contributed by atoms with E-state index in [1.54, 1.807) is 0 Å². The maximum absolute atomic E-state index is 11.6. The summed E-state index contributed by atoms with van der Waals surface area (Å²) in [6.45, 7) is 2.07. The van der Waals surface area contributed by atoms with Crippen molar-refractivity contribution >= 4 is 5.97 Å². The molecule has 78 valence electrons. The summed E-state index contributed by atoms with van der Waals surface area (Å²) >= 11 is 0. The minimum Gasteiger partial charge on any atom is -0.438 e. The number of hydrogen-bond donors (Lipinski definition) is 0. The van der Waals surface area contributed by atoms with E-state index in [2.05, 4.69) is 4.90 Å². The SMILES string of the molecule is O=C1O[C@@H](N2CCCC2)c2ccccc21. The van der Waals surface area contributed by atoms with E-state index in [1.807, 2.05) is 24.3 Å². The van der Waals surface area contributed by atoms with Gasteiger partial charge in [0.05, 0.1) is 5.56 Å². The number of carbonyl (C=O) groups is 1. The molecule has 3 rings (SSSR count). The second-order valence-electron chi connectivity index (χ2n) is 4.09. The quantitative estimate of drug-likeness (QED) is 0.653. The second kappa shape index (κ2) is 3.35. The van der Waals surface area contributed by atoms with Crippen molar-refractivity contribution in [2.75, 3.05) is 13.1 Å². The fraction of sp³-hybridized carbons (Fsp3) is 0.417. The minimum absolute atomic E-state index is 0.129. The average Bonchev–Trinajstić information content (AvgIpc) is 2.87. The number of esters is 1. The van der Waals surface area contributed by atoms with Crippen molar-refractivity contribution < 1.29 is 9.53 Å². The van der Waals surface area contributed by atoms with Gasteiger partial charge in [0, 0.05) is 18.7 Å². The van der Waals surface area contributed by atoms with Crippen LogP contribution in [0.1, 0.15) is 35.0 Å². The zero-order valence-corrected chi connectivity index (χ0v) is 8.48. The van der Waals surface area contributed by atoms with E-state index in [-0.39, 0.29) is 12.2 Å². The van der Waals surface area contributed by atoms with Gasteiger partial charge in [-0.05, 0) is 18.9 Å². The third-order valence-electron chi connectivity index (χ3n) is 3.14. The van der Waals surface area contributed by atoms with E-state index in [1.165, 1.54) is 12.8 Å². The van der Waals surface area contributed by atoms with Crippen LogP contribution in [0.3, 0.4) is 0 Å². The van der Waals surface area contributed by atoms with Crippen LogP contribution in [0.4, 0.5) is 0 Å². The van der Waals surface area contributed by atoms with Crippen LogP contribution in [0.25, 0.3) is 0 Å². The maximum atomic E-state index is 11.6. The molecule has 0 radical (unpaired) electrons. The van der Waals surface area contributed by atoms with Crippen molar-refractivity contribution in [2.45, 2.75) is 19.1 Å². The Balaban J connectivity index is 1.97. The van der Waals surface area contributed by atoms with Gasteiger partial charge in [-0.15, -0.1) is 0 Å². The highest BCUT2D eigenvalue weighted by Gasteiger charge is 2.35. The highest BCUT2D eigenvalue weighted by atomic mass is 16.6. The third-order valence-corrected chi connectivity index (χ3v) is 3.14. The molecule has 0 N–H and O–H groups in total. The van der Waals surface area contributed by atoms with Crippen molar-refractivity contribution in [3.05, 3.63) is 35.4 Å². The molecule has 15 heavy (non-hydrogen) atoms. The minimum atomic E-state index is -0.178. The molecule has 2 heterocycles. The lowest BCUT2D eigenvalue weighted by Gasteiger charge is -2.22. The number of rotatable bonds is 1. The fourth-order valence-electron chi connectivity index (χ4n) is 2.37. The van der Waals surface area contributed by atoms with E-state index < -0.39 is 0 Å². The highest BCUT2D eigenvalue weighted by Crippen LogP contribution is 2.34. The Labute approximate surface area is 88.6 Å². The number of likely N-dealkylation sites (tertiary alicyclic amines) is 1. The molecule has 3 nitrogen and oxygen atoms in total. The molecule has 2 aliphatic heterocycles. The van der Waals surface area contributed by atoms with Crippen molar-refractivity contribution in [1.82, 2.24) is 4.90 Å². The predicted octanol–water partition coefficient (Wildman–Crippen LogP) is 1.95. The standard InChI is InChI=1S/C12H13NO2/c14-12-10-6-2-1-5-9(10)11(15-12)13-7-3-4-8-13/h1-2,5-6,11H,3-4,7-8H2/t11-/m1/s1. The van der Waals surface area contributed by atoms with Gasteiger partial charge in [0.1, 0.15) is 0 Å². The number of fused-ring (bicyclic) bond motifs is 1. The van der Waals surface area contributed by atoms with Crippen molar-refractivity contribution in [3.8, 4) is 0 Å². The van der Waals surface area contributed by atoms with Crippen LogP contribution < -0.4 is 0 Å². The first-order valence-corrected chi connectivity index (χ1v) is 5.40. The molecule has 0 aliphatic carbocycles. The Hall–Kier alpha value is -1.35. The van der Waals surface area contributed by atoms with Crippen LogP contribution in [-0.2, 0) is 4.74 Å². The van der Waals surface area contributed by atoms with Gasteiger partial charge in [-0.1, -0.05) is 18.2 Å². The summed E-state index contributed by atoms with van der Waals surface area (Å²) in [4.78, 5) is 13.8. The molecule has 0 aromatic heterocycles. The lowest BCUT2D eigenvalue weighted by Crippen LogP contribution is -2.25. The molecule has 0 spiro atoms. The second-order valence-corrected chi connectivity index (χ2v) is 4.09. The summed E-state index contributed by atoms with van der Waals surface area (Å²) in [5, 5.41) is 0. The van der Waals surface area contributed by atoms with Crippen molar-refractivity contribution in [3.63, 3.8) is 0 Å². The Morgan fingerprint density at radius 2 is 1.93 bits per heavy atom. The molecule has 1 atom stereocenters. The van der Waals surface area contributed by atoms with E-state index in [0.29, 0.717) is 0 Å². The van der Waals surface area contributed by atoms with Crippen molar-refractivity contribution in [2.24, 2.45) is 0 Å². The molecule has 0 bridgehead atoms. The topological polar surface area (TPSA) is 29.5 Å². The van der Waals surface area contributed by atoms with Gasteiger partial charge in [-0.25, -0.2) is 4.79 Å². The van der Waals surface area contributed by atoms with Gasteiger partial charge < -0.3 is 4.74 Å². The highest BCUT2D eigenvalue weighted by molar-refractivity contribution is 5.93.